The quantitative estimate of drug-likeness (QED) is 0.387. The number of anilines is 2. The zero-order valence-corrected chi connectivity index (χ0v) is 20.6. The van der Waals surface area contributed by atoms with Crippen molar-refractivity contribution in [3.05, 3.63) is 41.8 Å². The summed E-state index contributed by atoms with van der Waals surface area (Å²) in [5.74, 6) is 1.18. The molecule has 0 unspecified atom stereocenters. The molecule has 0 bridgehead atoms. The van der Waals surface area contributed by atoms with Crippen molar-refractivity contribution in [3.8, 4) is 11.1 Å². The summed E-state index contributed by atoms with van der Waals surface area (Å²) in [5, 5.41) is 18.4. The summed E-state index contributed by atoms with van der Waals surface area (Å²) < 4.78 is 7.50. The van der Waals surface area contributed by atoms with E-state index in [4.69, 9.17) is 9.72 Å². The lowest BCUT2D eigenvalue weighted by Crippen LogP contribution is -2.21. The van der Waals surface area contributed by atoms with Crippen LogP contribution in [0.15, 0.2) is 36.8 Å². The Balaban J connectivity index is 1.13. The molecule has 2 aliphatic rings. The predicted molar refractivity (Wildman–Crippen MR) is 137 cm³/mol. The molecule has 10 heteroatoms. The molecule has 0 aromatic carbocycles. The second-order valence-corrected chi connectivity index (χ2v) is 10.3. The second kappa shape index (κ2) is 10.3. The van der Waals surface area contributed by atoms with E-state index in [1.165, 1.54) is 25.9 Å². The normalized spacial score (nSPS) is 17.4. The van der Waals surface area contributed by atoms with Crippen LogP contribution in [-0.4, -0.2) is 67.7 Å². The van der Waals surface area contributed by atoms with Gasteiger partial charge in [-0.2, -0.15) is 5.10 Å². The van der Waals surface area contributed by atoms with Crippen LogP contribution in [0.25, 0.3) is 22.2 Å². The number of nitrogens with one attached hydrogen (secondary N) is 1. The number of nitrogens with zero attached hydrogens (tertiary/aromatic N) is 7. The molecule has 0 amide bonds. The molecular formula is C25H30N8OS. The standard InChI is InChI=1S/C25H30N8OS/c1-2-9-32(8-1)10-3-11-33-17-20(16-27-33)19-14-22-21(26-15-19)4-5-23(28-22)29-25-31-30-24(35-25)18-6-12-34-13-7-18/h4-5,14-18H,1-3,6-13H2,(H,28,29,31). The SMILES string of the molecule is c1nc2ccc(Nc3nnc(C4CCOCC4)s3)nc2cc1-c1cnn(CCCN2CCCC2)c1. The van der Waals surface area contributed by atoms with Crippen LogP contribution in [0, 0.1) is 0 Å². The maximum atomic E-state index is 5.46. The fraction of sp³-hybridized carbons (Fsp3) is 0.480. The Morgan fingerprint density at radius 1 is 1.00 bits per heavy atom. The van der Waals surface area contributed by atoms with Gasteiger partial charge in [0.2, 0.25) is 5.13 Å². The number of rotatable bonds is 8. The fourth-order valence-corrected chi connectivity index (χ4v) is 5.76. The number of fused-ring (bicyclic) bond motifs is 1. The van der Waals surface area contributed by atoms with Crippen LogP contribution in [0.5, 0.6) is 0 Å². The Labute approximate surface area is 208 Å². The summed E-state index contributed by atoms with van der Waals surface area (Å²) >= 11 is 1.60. The van der Waals surface area contributed by atoms with Gasteiger partial charge in [0, 0.05) is 49.2 Å². The summed E-state index contributed by atoms with van der Waals surface area (Å²) in [6.07, 6.45) is 11.7. The van der Waals surface area contributed by atoms with Crippen LogP contribution in [0.3, 0.4) is 0 Å². The van der Waals surface area contributed by atoms with Crippen molar-refractivity contribution in [1.82, 2.24) is 34.8 Å². The van der Waals surface area contributed by atoms with Gasteiger partial charge in [0.15, 0.2) is 0 Å². The molecule has 6 heterocycles. The third-order valence-electron chi connectivity index (χ3n) is 6.81. The highest BCUT2D eigenvalue weighted by Gasteiger charge is 2.20. The van der Waals surface area contributed by atoms with Crippen molar-refractivity contribution in [1.29, 1.82) is 0 Å². The zero-order valence-electron chi connectivity index (χ0n) is 19.8. The Morgan fingerprint density at radius 2 is 1.89 bits per heavy atom. The summed E-state index contributed by atoms with van der Waals surface area (Å²) in [6, 6.07) is 5.99. The molecule has 6 rings (SSSR count). The van der Waals surface area contributed by atoms with Crippen molar-refractivity contribution < 1.29 is 4.74 Å². The fourth-order valence-electron chi connectivity index (χ4n) is 4.84. The number of aryl methyl sites for hydroxylation is 1. The first kappa shape index (κ1) is 22.5. The molecule has 2 aliphatic heterocycles. The summed E-state index contributed by atoms with van der Waals surface area (Å²) in [7, 11) is 0. The molecule has 9 nitrogen and oxygen atoms in total. The number of ether oxygens (including phenoxy) is 1. The van der Waals surface area contributed by atoms with Crippen LogP contribution in [0.1, 0.15) is 43.0 Å². The first-order valence-corrected chi connectivity index (χ1v) is 13.3. The van der Waals surface area contributed by atoms with Crippen molar-refractivity contribution in [2.45, 2.75) is 44.6 Å². The number of aromatic nitrogens is 6. The average Bonchev–Trinajstić information content (AvgIpc) is 3.67. The number of pyridine rings is 2. The minimum Gasteiger partial charge on any atom is -0.381 e. The van der Waals surface area contributed by atoms with E-state index in [1.807, 2.05) is 29.2 Å². The summed E-state index contributed by atoms with van der Waals surface area (Å²) in [6.45, 7) is 6.16. The van der Waals surface area contributed by atoms with E-state index in [-0.39, 0.29) is 0 Å². The van der Waals surface area contributed by atoms with Crippen molar-refractivity contribution >= 4 is 33.3 Å². The third-order valence-corrected chi connectivity index (χ3v) is 7.81. The summed E-state index contributed by atoms with van der Waals surface area (Å²) in [5.41, 5.74) is 3.78. The maximum absolute atomic E-state index is 5.46. The Morgan fingerprint density at radius 3 is 2.77 bits per heavy atom. The van der Waals surface area contributed by atoms with E-state index in [2.05, 4.69) is 42.8 Å². The maximum Gasteiger partial charge on any atom is 0.211 e. The van der Waals surface area contributed by atoms with Crippen LogP contribution >= 0.6 is 11.3 Å². The average molecular weight is 491 g/mol. The minimum absolute atomic E-state index is 0.439. The molecule has 35 heavy (non-hydrogen) atoms. The summed E-state index contributed by atoms with van der Waals surface area (Å²) in [4.78, 5) is 12.0. The molecule has 0 spiro atoms. The Hall–Kier alpha value is -2.95. The van der Waals surface area contributed by atoms with Gasteiger partial charge in [-0.25, -0.2) is 4.98 Å². The molecule has 0 saturated carbocycles. The van der Waals surface area contributed by atoms with Gasteiger partial charge in [0.1, 0.15) is 10.8 Å². The van der Waals surface area contributed by atoms with Gasteiger partial charge in [-0.1, -0.05) is 11.3 Å². The number of hydrogen-bond donors (Lipinski definition) is 1. The molecule has 4 aromatic heterocycles. The number of hydrogen-bond acceptors (Lipinski definition) is 9. The van der Waals surface area contributed by atoms with Gasteiger partial charge >= 0.3 is 0 Å². The molecule has 0 aliphatic carbocycles. The molecule has 0 atom stereocenters. The van der Waals surface area contributed by atoms with Crippen LogP contribution in [0.2, 0.25) is 0 Å². The van der Waals surface area contributed by atoms with Crippen molar-refractivity contribution in [2.24, 2.45) is 0 Å². The molecule has 182 valence electrons. The zero-order chi connectivity index (χ0) is 23.5. The lowest BCUT2D eigenvalue weighted by atomic mass is 10.0. The molecule has 4 aromatic rings. The molecule has 2 saturated heterocycles. The topological polar surface area (TPSA) is 93.9 Å². The predicted octanol–water partition coefficient (Wildman–Crippen LogP) is 4.47. The minimum atomic E-state index is 0.439. The lowest BCUT2D eigenvalue weighted by Gasteiger charge is -2.18. The van der Waals surface area contributed by atoms with Gasteiger partial charge in [0.05, 0.1) is 17.2 Å². The largest absolute Gasteiger partial charge is 0.381 e. The Bertz CT molecular complexity index is 1280. The van der Waals surface area contributed by atoms with Crippen molar-refractivity contribution in [3.63, 3.8) is 0 Å². The van der Waals surface area contributed by atoms with E-state index in [9.17, 15) is 0 Å². The second-order valence-electron chi connectivity index (χ2n) is 9.31. The van der Waals surface area contributed by atoms with Crippen LogP contribution in [0.4, 0.5) is 10.9 Å². The van der Waals surface area contributed by atoms with Crippen LogP contribution < -0.4 is 5.32 Å². The van der Waals surface area contributed by atoms with Gasteiger partial charge in [-0.15, -0.1) is 10.2 Å². The molecule has 2 fully saturated rings. The highest BCUT2D eigenvalue weighted by atomic mass is 32.1. The smallest absolute Gasteiger partial charge is 0.211 e. The molecule has 1 N–H and O–H groups in total. The first-order chi connectivity index (χ1) is 17.3. The van der Waals surface area contributed by atoms with Gasteiger partial charge in [0.25, 0.3) is 0 Å². The van der Waals surface area contributed by atoms with E-state index < -0.39 is 0 Å². The first-order valence-electron chi connectivity index (χ1n) is 12.5. The lowest BCUT2D eigenvalue weighted by molar-refractivity contribution is 0.0851. The monoisotopic (exact) mass is 490 g/mol. The van der Waals surface area contributed by atoms with E-state index >= 15 is 0 Å². The highest BCUT2D eigenvalue weighted by molar-refractivity contribution is 7.15. The number of likely N-dealkylation sites (tertiary alicyclic amines) is 1. The van der Waals surface area contributed by atoms with Gasteiger partial charge < -0.3 is 15.0 Å². The van der Waals surface area contributed by atoms with Crippen LogP contribution in [-0.2, 0) is 11.3 Å². The molecule has 0 radical (unpaired) electrons. The van der Waals surface area contributed by atoms with Gasteiger partial charge in [-0.3, -0.25) is 9.67 Å². The van der Waals surface area contributed by atoms with E-state index in [0.29, 0.717) is 5.92 Å². The van der Waals surface area contributed by atoms with Gasteiger partial charge in [-0.05, 0) is 69.9 Å². The van der Waals surface area contributed by atoms with Crippen molar-refractivity contribution in [2.75, 3.05) is 38.2 Å². The van der Waals surface area contributed by atoms with E-state index in [1.54, 1.807) is 11.3 Å². The highest BCUT2D eigenvalue weighted by Crippen LogP contribution is 2.32. The Kier molecular flexibility index (Phi) is 6.66. The van der Waals surface area contributed by atoms with E-state index in [0.717, 1.165) is 83.7 Å². The molecular weight excluding hydrogens is 460 g/mol. The third kappa shape index (κ3) is 5.34.